The summed E-state index contributed by atoms with van der Waals surface area (Å²) in [6, 6.07) is 6.24. The maximum Gasteiger partial charge on any atom is 0.207 e. The summed E-state index contributed by atoms with van der Waals surface area (Å²) in [4.78, 5) is 11.9. The number of rotatable bonds is 5. The molecule has 0 spiro atoms. The van der Waals surface area contributed by atoms with E-state index in [1.54, 1.807) is 12.1 Å². The van der Waals surface area contributed by atoms with Gasteiger partial charge in [-0.15, -0.1) is 0 Å². The van der Waals surface area contributed by atoms with Gasteiger partial charge in [0.05, 0.1) is 0 Å². The third kappa shape index (κ3) is 3.05. The number of amides is 1. The Morgan fingerprint density at radius 1 is 1.43 bits per heavy atom. The standard InChI is InChI=1S/C10H13FN2O/c1-13(7-6-12-8-14)10-4-2-9(11)3-5-10/h2-5,8H,6-7H2,1H3,(H,12,14). The fourth-order valence-electron chi connectivity index (χ4n) is 1.12. The summed E-state index contributed by atoms with van der Waals surface area (Å²) in [6.07, 6.45) is 0.665. The van der Waals surface area contributed by atoms with Crippen molar-refractivity contribution in [2.75, 3.05) is 25.0 Å². The van der Waals surface area contributed by atoms with Crippen molar-refractivity contribution in [3.8, 4) is 0 Å². The molecule has 1 amide bonds. The minimum Gasteiger partial charge on any atom is -0.373 e. The van der Waals surface area contributed by atoms with Gasteiger partial charge >= 0.3 is 0 Å². The molecule has 4 heteroatoms. The first kappa shape index (κ1) is 10.5. The summed E-state index contributed by atoms with van der Waals surface area (Å²) in [5.74, 6) is -0.242. The van der Waals surface area contributed by atoms with Crippen LogP contribution in [0.15, 0.2) is 24.3 Å². The number of halogens is 1. The molecule has 0 aromatic heterocycles. The van der Waals surface area contributed by atoms with Crippen molar-refractivity contribution in [1.29, 1.82) is 0 Å². The van der Waals surface area contributed by atoms with E-state index < -0.39 is 0 Å². The molecule has 1 rings (SSSR count). The molecule has 0 fully saturated rings. The van der Waals surface area contributed by atoms with Gasteiger partial charge in [-0.25, -0.2) is 4.39 Å². The van der Waals surface area contributed by atoms with Gasteiger partial charge in [0.15, 0.2) is 0 Å². The Morgan fingerprint density at radius 2 is 2.07 bits per heavy atom. The lowest BCUT2D eigenvalue weighted by Crippen LogP contribution is -2.28. The average molecular weight is 196 g/mol. The molecule has 1 aromatic carbocycles. The van der Waals surface area contributed by atoms with Gasteiger partial charge in [-0.05, 0) is 24.3 Å². The average Bonchev–Trinajstić information content (AvgIpc) is 2.19. The molecule has 0 unspecified atom stereocenters. The molecule has 76 valence electrons. The molecule has 0 aliphatic heterocycles. The highest BCUT2D eigenvalue weighted by Gasteiger charge is 1.99. The van der Waals surface area contributed by atoms with E-state index in [2.05, 4.69) is 5.32 Å². The lowest BCUT2D eigenvalue weighted by atomic mass is 10.3. The quantitative estimate of drug-likeness (QED) is 0.563. The monoisotopic (exact) mass is 196 g/mol. The van der Waals surface area contributed by atoms with Gasteiger partial charge in [-0.2, -0.15) is 0 Å². The maximum absolute atomic E-state index is 12.6. The largest absolute Gasteiger partial charge is 0.373 e. The first-order valence-corrected chi connectivity index (χ1v) is 4.38. The smallest absolute Gasteiger partial charge is 0.207 e. The Bertz CT molecular complexity index is 287. The zero-order valence-electron chi connectivity index (χ0n) is 8.03. The van der Waals surface area contributed by atoms with E-state index in [9.17, 15) is 9.18 Å². The molecule has 0 radical (unpaired) electrons. The second-order valence-electron chi connectivity index (χ2n) is 2.97. The Balaban J connectivity index is 2.47. The molecule has 1 aromatic rings. The molecule has 0 saturated heterocycles. The molecule has 0 aliphatic carbocycles. The van der Waals surface area contributed by atoms with E-state index in [1.807, 2.05) is 11.9 Å². The number of hydrogen-bond donors (Lipinski definition) is 1. The molecule has 3 nitrogen and oxygen atoms in total. The summed E-state index contributed by atoms with van der Waals surface area (Å²) in [5, 5.41) is 2.56. The van der Waals surface area contributed by atoms with E-state index in [0.717, 1.165) is 5.69 Å². The third-order valence-corrected chi connectivity index (χ3v) is 1.94. The highest BCUT2D eigenvalue weighted by atomic mass is 19.1. The van der Waals surface area contributed by atoms with Crippen LogP contribution in [0.1, 0.15) is 0 Å². The van der Waals surface area contributed by atoms with Crippen molar-refractivity contribution in [2.24, 2.45) is 0 Å². The van der Waals surface area contributed by atoms with Crippen molar-refractivity contribution in [3.63, 3.8) is 0 Å². The number of hydrogen-bond acceptors (Lipinski definition) is 2. The van der Waals surface area contributed by atoms with Gasteiger partial charge in [-0.3, -0.25) is 4.79 Å². The van der Waals surface area contributed by atoms with Crippen LogP contribution in [-0.2, 0) is 4.79 Å². The van der Waals surface area contributed by atoms with Crippen LogP contribution in [0.4, 0.5) is 10.1 Å². The topological polar surface area (TPSA) is 32.3 Å². The van der Waals surface area contributed by atoms with Gasteiger partial charge in [0.1, 0.15) is 5.82 Å². The van der Waals surface area contributed by atoms with Gasteiger partial charge in [0.2, 0.25) is 6.41 Å². The lowest BCUT2D eigenvalue weighted by Gasteiger charge is -2.18. The van der Waals surface area contributed by atoms with Crippen molar-refractivity contribution in [3.05, 3.63) is 30.1 Å². The Kier molecular flexibility index (Phi) is 3.91. The predicted molar refractivity (Wildman–Crippen MR) is 53.7 cm³/mol. The Morgan fingerprint density at radius 3 is 2.64 bits per heavy atom. The predicted octanol–water partition coefficient (Wildman–Crippen LogP) is 1.01. The number of anilines is 1. The Labute approximate surface area is 82.5 Å². The van der Waals surface area contributed by atoms with Crippen LogP contribution in [0.2, 0.25) is 0 Å². The highest BCUT2D eigenvalue weighted by molar-refractivity contribution is 5.47. The van der Waals surface area contributed by atoms with E-state index in [0.29, 0.717) is 19.5 Å². The number of carbonyl (C=O) groups is 1. The minimum atomic E-state index is -0.242. The number of benzene rings is 1. The number of likely N-dealkylation sites (N-methyl/N-ethyl adjacent to an activating group) is 1. The first-order chi connectivity index (χ1) is 6.74. The fraction of sp³-hybridized carbons (Fsp3) is 0.300. The molecule has 0 atom stereocenters. The zero-order valence-corrected chi connectivity index (χ0v) is 8.03. The summed E-state index contributed by atoms with van der Waals surface area (Å²) in [6.45, 7) is 1.28. The van der Waals surface area contributed by atoms with Crippen LogP contribution >= 0.6 is 0 Å². The fourth-order valence-corrected chi connectivity index (χ4v) is 1.12. The number of nitrogens with zero attached hydrogens (tertiary/aromatic N) is 1. The molecule has 0 aliphatic rings. The van der Waals surface area contributed by atoms with Crippen LogP contribution in [0, 0.1) is 5.82 Å². The second-order valence-corrected chi connectivity index (χ2v) is 2.97. The second kappa shape index (κ2) is 5.21. The van der Waals surface area contributed by atoms with Crippen molar-refractivity contribution in [1.82, 2.24) is 5.32 Å². The van der Waals surface area contributed by atoms with Crippen molar-refractivity contribution < 1.29 is 9.18 Å². The molecule has 0 saturated carbocycles. The molecular formula is C10H13FN2O. The van der Waals surface area contributed by atoms with E-state index in [4.69, 9.17) is 0 Å². The summed E-state index contributed by atoms with van der Waals surface area (Å²) in [5.41, 5.74) is 0.930. The van der Waals surface area contributed by atoms with E-state index in [-0.39, 0.29) is 5.82 Å². The van der Waals surface area contributed by atoms with Gasteiger partial charge in [0.25, 0.3) is 0 Å². The minimum absolute atomic E-state index is 0.242. The molecule has 0 bridgehead atoms. The molecule has 1 N–H and O–H groups in total. The molecule has 0 heterocycles. The molecular weight excluding hydrogens is 183 g/mol. The first-order valence-electron chi connectivity index (χ1n) is 4.38. The van der Waals surface area contributed by atoms with Crippen molar-refractivity contribution in [2.45, 2.75) is 0 Å². The lowest BCUT2D eigenvalue weighted by molar-refractivity contribution is -0.109. The number of nitrogens with one attached hydrogen (secondary N) is 1. The zero-order chi connectivity index (χ0) is 10.4. The summed E-state index contributed by atoms with van der Waals surface area (Å²) in [7, 11) is 1.89. The van der Waals surface area contributed by atoms with E-state index >= 15 is 0 Å². The highest BCUT2D eigenvalue weighted by Crippen LogP contribution is 2.11. The van der Waals surface area contributed by atoms with Crippen LogP contribution in [0.5, 0.6) is 0 Å². The third-order valence-electron chi connectivity index (χ3n) is 1.94. The van der Waals surface area contributed by atoms with Crippen LogP contribution in [0.3, 0.4) is 0 Å². The summed E-state index contributed by atoms with van der Waals surface area (Å²) < 4.78 is 12.6. The normalized spacial score (nSPS) is 9.57. The molecule has 14 heavy (non-hydrogen) atoms. The van der Waals surface area contributed by atoms with Gasteiger partial charge in [0, 0.05) is 25.8 Å². The number of carbonyl (C=O) groups excluding carboxylic acids is 1. The Hall–Kier alpha value is -1.58. The maximum atomic E-state index is 12.6. The van der Waals surface area contributed by atoms with Crippen LogP contribution in [-0.4, -0.2) is 26.5 Å². The van der Waals surface area contributed by atoms with Crippen LogP contribution < -0.4 is 10.2 Å². The van der Waals surface area contributed by atoms with Crippen LogP contribution in [0.25, 0.3) is 0 Å². The van der Waals surface area contributed by atoms with E-state index in [1.165, 1.54) is 12.1 Å². The van der Waals surface area contributed by atoms with Gasteiger partial charge in [-0.1, -0.05) is 0 Å². The van der Waals surface area contributed by atoms with Gasteiger partial charge < -0.3 is 10.2 Å². The summed E-state index contributed by atoms with van der Waals surface area (Å²) >= 11 is 0. The SMILES string of the molecule is CN(CCNC=O)c1ccc(F)cc1. The van der Waals surface area contributed by atoms with Crippen molar-refractivity contribution >= 4 is 12.1 Å².